The number of hydrogen-bond donors (Lipinski definition) is 0. The van der Waals surface area contributed by atoms with Crippen molar-refractivity contribution < 1.29 is 9.47 Å². The molecule has 1 heterocycles. The Bertz CT molecular complexity index is 411. The maximum absolute atomic E-state index is 6.29. The standard InChI is InChI=1S/C23H46N2O2/c1-18(2)24(19(3)4)15-10-16-26-21(7)11-12-22-25(20(5)6)23(17-27-22)13-8-9-14-23/h18-22H,8-17H2,1-7H3. The second-order valence-electron chi connectivity index (χ2n) is 9.74. The fourth-order valence-electron chi connectivity index (χ4n) is 5.35. The van der Waals surface area contributed by atoms with Crippen LogP contribution >= 0.6 is 0 Å². The molecule has 0 aromatic heterocycles. The second kappa shape index (κ2) is 10.6. The van der Waals surface area contributed by atoms with Gasteiger partial charge in [-0.1, -0.05) is 12.8 Å². The van der Waals surface area contributed by atoms with Gasteiger partial charge in [0.15, 0.2) is 0 Å². The SMILES string of the molecule is CC(CCC1OCC2(CCCC2)N1C(C)C)OCCCN(C(C)C)C(C)C. The average molecular weight is 383 g/mol. The van der Waals surface area contributed by atoms with Gasteiger partial charge in [-0.3, -0.25) is 9.80 Å². The van der Waals surface area contributed by atoms with Crippen LogP contribution in [0.2, 0.25) is 0 Å². The molecule has 0 amide bonds. The maximum atomic E-state index is 6.29. The maximum Gasteiger partial charge on any atom is 0.111 e. The lowest BCUT2D eigenvalue weighted by Crippen LogP contribution is -2.50. The highest BCUT2D eigenvalue weighted by Crippen LogP contribution is 2.43. The van der Waals surface area contributed by atoms with Crippen LogP contribution in [0.4, 0.5) is 0 Å². The fourth-order valence-corrected chi connectivity index (χ4v) is 5.35. The van der Waals surface area contributed by atoms with E-state index in [0.29, 0.717) is 29.8 Å². The Kier molecular flexibility index (Phi) is 9.05. The highest BCUT2D eigenvalue weighted by molar-refractivity contribution is 5.01. The van der Waals surface area contributed by atoms with E-state index in [9.17, 15) is 0 Å². The summed E-state index contributed by atoms with van der Waals surface area (Å²) in [7, 11) is 0. The van der Waals surface area contributed by atoms with Crippen LogP contribution in [-0.2, 0) is 9.47 Å². The first-order valence-corrected chi connectivity index (χ1v) is 11.5. The molecule has 2 unspecified atom stereocenters. The third-order valence-electron chi connectivity index (χ3n) is 6.60. The number of ether oxygens (including phenoxy) is 2. The van der Waals surface area contributed by atoms with E-state index in [0.717, 1.165) is 39.0 Å². The molecule has 0 N–H and O–H groups in total. The van der Waals surface area contributed by atoms with E-state index in [1.54, 1.807) is 0 Å². The molecule has 1 aliphatic carbocycles. The Balaban J connectivity index is 1.70. The molecule has 4 heteroatoms. The largest absolute Gasteiger partial charge is 0.378 e. The molecular weight excluding hydrogens is 336 g/mol. The summed E-state index contributed by atoms with van der Waals surface area (Å²) in [4.78, 5) is 5.23. The summed E-state index contributed by atoms with van der Waals surface area (Å²) in [6.45, 7) is 18.9. The molecule has 0 bridgehead atoms. The van der Waals surface area contributed by atoms with E-state index in [-0.39, 0.29) is 6.23 Å². The first-order chi connectivity index (χ1) is 12.8. The van der Waals surface area contributed by atoms with Gasteiger partial charge in [-0.05, 0) is 80.6 Å². The normalized spacial score (nSPS) is 24.3. The van der Waals surface area contributed by atoms with Crippen LogP contribution in [0.5, 0.6) is 0 Å². The van der Waals surface area contributed by atoms with Crippen LogP contribution in [0.1, 0.15) is 93.4 Å². The Morgan fingerprint density at radius 1 is 1.04 bits per heavy atom. The van der Waals surface area contributed by atoms with Gasteiger partial charge >= 0.3 is 0 Å². The monoisotopic (exact) mass is 382 g/mol. The molecular formula is C23H46N2O2. The van der Waals surface area contributed by atoms with Gasteiger partial charge in [0.2, 0.25) is 0 Å². The van der Waals surface area contributed by atoms with Gasteiger partial charge in [-0.15, -0.1) is 0 Å². The summed E-state index contributed by atoms with van der Waals surface area (Å²) in [5, 5.41) is 0. The highest BCUT2D eigenvalue weighted by atomic mass is 16.5. The fraction of sp³-hybridized carbons (Fsp3) is 1.00. The topological polar surface area (TPSA) is 24.9 Å². The first kappa shape index (κ1) is 23.1. The summed E-state index contributed by atoms with van der Waals surface area (Å²) in [5.74, 6) is 0. The molecule has 2 fully saturated rings. The van der Waals surface area contributed by atoms with Crippen molar-refractivity contribution in [3.63, 3.8) is 0 Å². The van der Waals surface area contributed by atoms with Gasteiger partial charge in [0.1, 0.15) is 6.23 Å². The van der Waals surface area contributed by atoms with E-state index in [4.69, 9.17) is 9.47 Å². The zero-order chi connectivity index (χ0) is 20.0. The van der Waals surface area contributed by atoms with Gasteiger partial charge in [0.25, 0.3) is 0 Å². The smallest absolute Gasteiger partial charge is 0.111 e. The number of nitrogens with zero attached hydrogens (tertiary/aromatic N) is 2. The van der Waals surface area contributed by atoms with Crippen LogP contribution < -0.4 is 0 Å². The molecule has 1 saturated carbocycles. The lowest BCUT2D eigenvalue weighted by Gasteiger charge is -2.39. The van der Waals surface area contributed by atoms with Crippen molar-refractivity contribution in [2.75, 3.05) is 19.8 Å². The Morgan fingerprint density at radius 2 is 1.67 bits per heavy atom. The third-order valence-corrected chi connectivity index (χ3v) is 6.60. The average Bonchev–Trinajstić information content (AvgIpc) is 3.19. The van der Waals surface area contributed by atoms with Crippen LogP contribution in [0.25, 0.3) is 0 Å². The Hall–Kier alpha value is -0.160. The molecule has 4 nitrogen and oxygen atoms in total. The lowest BCUT2D eigenvalue weighted by atomic mass is 9.95. The van der Waals surface area contributed by atoms with Crippen molar-refractivity contribution in [3.05, 3.63) is 0 Å². The van der Waals surface area contributed by atoms with Crippen molar-refractivity contribution in [1.82, 2.24) is 9.80 Å². The second-order valence-corrected chi connectivity index (χ2v) is 9.74. The van der Waals surface area contributed by atoms with Crippen molar-refractivity contribution in [1.29, 1.82) is 0 Å². The lowest BCUT2D eigenvalue weighted by molar-refractivity contribution is -0.0212. The Morgan fingerprint density at radius 3 is 2.22 bits per heavy atom. The van der Waals surface area contributed by atoms with Crippen LogP contribution in [-0.4, -0.2) is 65.6 Å². The summed E-state index contributed by atoms with van der Waals surface area (Å²) >= 11 is 0. The van der Waals surface area contributed by atoms with Crippen LogP contribution in [0.15, 0.2) is 0 Å². The van der Waals surface area contributed by atoms with Gasteiger partial charge in [0, 0.05) is 36.8 Å². The predicted octanol–water partition coefficient (Wildman–Crippen LogP) is 5.06. The molecule has 2 rings (SSSR count). The van der Waals surface area contributed by atoms with Crippen LogP contribution in [0.3, 0.4) is 0 Å². The summed E-state index contributed by atoms with van der Waals surface area (Å²) in [6.07, 6.45) is 9.24. The highest BCUT2D eigenvalue weighted by Gasteiger charge is 2.49. The zero-order valence-electron chi connectivity index (χ0n) is 19.2. The molecule has 160 valence electrons. The zero-order valence-corrected chi connectivity index (χ0v) is 19.2. The predicted molar refractivity (Wildman–Crippen MR) is 114 cm³/mol. The molecule has 0 aromatic carbocycles. The number of hydrogen-bond acceptors (Lipinski definition) is 4. The van der Waals surface area contributed by atoms with E-state index in [1.165, 1.54) is 25.7 Å². The van der Waals surface area contributed by atoms with Crippen LogP contribution in [0, 0.1) is 0 Å². The van der Waals surface area contributed by atoms with E-state index >= 15 is 0 Å². The molecule has 2 atom stereocenters. The summed E-state index contributed by atoms with van der Waals surface area (Å²) in [5.41, 5.74) is 0.333. The first-order valence-electron chi connectivity index (χ1n) is 11.5. The molecule has 27 heavy (non-hydrogen) atoms. The van der Waals surface area contributed by atoms with Gasteiger partial charge in [-0.25, -0.2) is 0 Å². The van der Waals surface area contributed by atoms with E-state index in [2.05, 4.69) is 58.3 Å². The third kappa shape index (κ3) is 6.16. The molecule has 0 radical (unpaired) electrons. The van der Waals surface area contributed by atoms with Gasteiger partial charge in [0.05, 0.1) is 12.7 Å². The van der Waals surface area contributed by atoms with Gasteiger partial charge < -0.3 is 9.47 Å². The molecule has 0 aromatic rings. The quantitative estimate of drug-likeness (QED) is 0.466. The van der Waals surface area contributed by atoms with Gasteiger partial charge in [-0.2, -0.15) is 0 Å². The minimum atomic E-state index is 0.284. The molecule has 1 spiro atoms. The minimum absolute atomic E-state index is 0.284. The molecule has 1 saturated heterocycles. The Labute approximate surface area is 169 Å². The van der Waals surface area contributed by atoms with Crippen molar-refractivity contribution in [2.24, 2.45) is 0 Å². The summed E-state index contributed by atoms with van der Waals surface area (Å²) in [6, 6.07) is 1.77. The molecule has 1 aliphatic heterocycles. The van der Waals surface area contributed by atoms with E-state index in [1.807, 2.05) is 0 Å². The minimum Gasteiger partial charge on any atom is -0.378 e. The summed E-state index contributed by atoms with van der Waals surface area (Å²) < 4.78 is 12.4. The van der Waals surface area contributed by atoms with Crippen molar-refractivity contribution >= 4 is 0 Å². The molecule has 2 aliphatic rings. The van der Waals surface area contributed by atoms with Crippen molar-refractivity contribution in [2.45, 2.75) is 129 Å². The van der Waals surface area contributed by atoms with Crippen molar-refractivity contribution in [3.8, 4) is 0 Å². The number of rotatable bonds is 11. The van der Waals surface area contributed by atoms with E-state index < -0.39 is 0 Å².